The Morgan fingerprint density at radius 2 is 1.93 bits per heavy atom. The van der Waals surface area contributed by atoms with Gasteiger partial charge in [-0.15, -0.1) is 0 Å². The predicted octanol–water partition coefficient (Wildman–Crippen LogP) is 1.57. The highest BCUT2D eigenvalue weighted by Gasteiger charge is 2.36. The summed E-state index contributed by atoms with van der Waals surface area (Å²) < 4.78 is 5.72. The molecule has 0 radical (unpaired) electrons. The maximum atomic E-state index is 6.08. The van der Waals surface area contributed by atoms with Crippen molar-refractivity contribution in [1.29, 1.82) is 0 Å². The molecular formula is C21H33ClN6O. The summed E-state index contributed by atoms with van der Waals surface area (Å²) in [5.74, 6) is 0.835. The van der Waals surface area contributed by atoms with Crippen LogP contribution in [0.2, 0.25) is 5.02 Å². The molecule has 3 heterocycles. The Balaban J connectivity index is 1.38. The largest absolute Gasteiger partial charge is 0.381 e. The van der Waals surface area contributed by atoms with E-state index in [0.29, 0.717) is 24.7 Å². The lowest BCUT2D eigenvalue weighted by Crippen LogP contribution is -2.56. The molecule has 0 aromatic heterocycles. The Kier molecular flexibility index (Phi) is 7.05. The monoisotopic (exact) mass is 420 g/mol. The van der Waals surface area contributed by atoms with Gasteiger partial charge in [-0.05, 0) is 49.8 Å². The lowest BCUT2D eigenvalue weighted by molar-refractivity contribution is -0.0231. The zero-order valence-electron chi connectivity index (χ0n) is 17.2. The van der Waals surface area contributed by atoms with Crippen molar-refractivity contribution >= 4 is 17.4 Å². The van der Waals surface area contributed by atoms with Crippen LogP contribution in [0.15, 0.2) is 29.3 Å². The van der Waals surface area contributed by atoms with Crippen LogP contribution < -0.4 is 16.6 Å². The second-order valence-electron chi connectivity index (χ2n) is 8.29. The summed E-state index contributed by atoms with van der Waals surface area (Å²) in [5, 5.41) is 0.798. The Labute approximate surface area is 178 Å². The maximum Gasteiger partial charge on any atom is 0.174 e. The Hall–Kier alpha value is -1.22. The fraction of sp³-hybridized carbons (Fsp3) is 0.667. The summed E-state index contributed by atoms with van der Waals surface area (Å²) in [7, 11) is 1.84. The number of hydrogen-bond donors (Lipinski definition) is 3. The minimum absolute atomic E-state index is 0.0126. The first-order chi connectivity index (χ1) is 14.2. The number of methoxy groups -OCH3 is 1. The molecule has 1 aromatic carbocycles. The van der Waals surface area contributed by atoms with E-state index < -0.39 is 0 Å². The van der Waals surface area contributed by atoms with Crippen molar-refractivity contribution in [2.45, 2.75) is 56.6 Å². The number of rotatable bonds is 6. The van der Waals surface area contributed by atoms with Gasteiger partial charge in [0, 0.05) is 43.9 Å². The Morgan fingerprint density at radius 3 is 2.59 bits per heavy atom. The third-order valence-corrected chi connectivity index (χ3v) is 6.81. The van der Waals surface area contributed by atoms with Crippen LogP contribution in [-0.4, -0.2) is 73.4 Å². The number of amidine groups is 1. The number of likely N-dealkylation sites (tertiary alicyclic amines) is 2. The number of benzene rings is 1. The predicted molar refractivity (Wildman–Crippen MR) is 117 cm³/mol. The van der Waals surface area contributed by atoms with E-state index in [9.17, 15) is 0 Å². The third kappa shape index (κ3) is 5.10. The molecule has 0 aliphatic carbocycles. The van der Waals surface area contributed by atoms with E-state index in [1.54, 1.807) is 0 Å². The van der Waals surface area contributed by atoms with Crippen LogP contribution in [0.3, 0.4) is 0 Å². The molecule has 0 amide bonds. The van der Waals surface area contributed by atoms with E-state index in [1.165, 1.54) is 18.4 Å². The zero-order chi connectivity index (χ0) is 20.2. The van der Waals surface area contributed by atoms with Crippen LogP contribution in [0.4, 0.5) is 0 Å². The number of nitrogens with two attached hydrogens (primary N) is 1. The molecule has 1 unspecified atom stereocenters. The van der Waals surface area contributed by atoms with Crippen LogP contribution in [0.1, 0.15) is 31.2 Å². The summed E-state index contributed by atoms with van der Waals surface area (Å²) >= 11 is 6.08. The summed E-state index contributed by atoms with van der Waals surface area (Å²) in [6.45, 7) is 3.65. The second kappa shape index (κ2) is 9.73. The smallest absolute Gasteiger partial charge is 0.174 e. The minimum atomic E-state index is 0.0126. The van der Waals surface area contributed by atoms with Crippen LogP contribution in [0, 0.1) is 0 Å². The van der Waals surface area contributed by atoms with Gasteiger partial charge in [0.2, 0.25) is 0 Å². The van der Waals surface area contributed by atoms with Crippen LogP contribution >= 0.6 is 11.6 Å². The highest BCUT2D eigenvalue weighted by atomic mass is 35.5. The van der Waals surface area contributed by atoms with Gasteiger partial charge in [0.1, 0.15) is 5.84 Å². The van der Waals surface area contributed by atoms with Crippen molar-refractivity contribution in [1.82, 2.24) is 20.7 Å². The second-order valence-corrected chi connectivity index (χ2v) is 8.73. The standard InChI is InChI=1S/C21H33ClN6O/c1-29-19-8-11-28(18(13-19)12-15-2-4-16(22)5-3-15)17-6-9-27(10-7-17)21-24-20(14-23)25-26-21/h2-5,17-19,21,26H,6-14,23H2,1H3,(H,24,25)/t18-,19-,21?/m0/s1. The molecule has 3 aliphatic rings. The number of aliphatic imine (C=N–C) groups is 1. The molecule has 4 N–H and O–H groups in total. The molecule has 0 spiro atoms. The average molecular weight is 421 g/mol. The lowest BCUT2D eigenvalue weighted by Gasteiger charge is -2.46. The minimum Gasteiger partial charge on any atom is -0.381 e. The van der Waals surface area contributed by atoms with Gasteiger partial charge in [-0.1, -0.05) is 23.7 Å². The highest BCUT2D eigenvalue weighted by molar-refractivity contribution is 6.30. The third-order valence-electron chi connectivity index (χ3n) is 6.56. The quantitative estimate of drug-likeness (QED) is 0.648. The van der Waals surface area contributed by atoms with E-state index in [-0.39, 0.29) is 6.29 Å². The van der Waals surface area contributed by atoms with Crippen LogP contribution in [-0.2, 0) is 11.2 Å². The molecule has 29 heavy (non-hydrogen) atoms. The fourth-order valence-electron chi connectivity index (χ4n) is 4.92. The first-order valence-corrected chi connectivity index (χ1v) is 11.1. The Morgan fingerprint density at radius 1 is 1.17 bits per heavy atom. The maximum absolute atomic E-state index is 6.08. The molecule has 2 saturated heterocycles. The van der Waals surface area contributed by atoms with E-state index >= 15 is 0 Å². The van der Waals surface area contributed by atoms with Crippen LogP contribution in [0.5, 0.6) is 0 Å². The van der Waals surface area contributed by atoms with Crippen molar-refractivity contribution in [3.05, 3.63) is 34.9 Å². The number of nitrogens with one attached hydrogen (secondary N) is 2. The van der Waals surface area contributed by atoms with Gasteiger partial charge < -0.3 is 15.9 Å². The summed E-state index contributed by atoms with van der Waals surface area (Å²) in [6, 6.07) is 9.44. The summed E-state index contributed by atoms with van der Waals surface area (Å²) in [6.07, 6.45) is 5.97. The molecule has 2 fully saturated rings. The molecule has 7 nitrogen and oxygen atoms in total. The molecule has 4 rings (SSSR count). The van der Waals surface area contributed by atoms with Gasteiger partial charge in [0.25, 0.3) is 0 Å². The normalized spacial score (nSPS) is 29.6. The van der Waals surface area contributed by atoms with Gasteiger partial charge >= 0.3 is 0 Å². The molecular weight excluding hydrogens is 388 g/mol. The molecule has 160 valence electrons. The number of halogens is 1. The van der Waals surface area contributed by atoms with Crippen molar-refractivity contribution in [3.63, 3.8) is 0 Å². The lowest BCUT2D eigenvalue weighted by atomic mass is 9.90. The van der Waals surface area contributed by atoms with E-state index in [0.717, 1.165) is 49.8 Å². The molecule has 3 aliphatic heterocycles. The average Bonchev–Trinajstić information content (AvgIpc) is 3.25. The Bertz CT molecular complexity index is 691. The van der Waals surface area contributed by atoms with Crippen LogP contribution in [0.25, 0.3) is 0 Å². The summed E-state index contributed by atoms with van der Waals surface area (Å²) in [4.78, 5) is 9.77. The first-order valence-electron chi connectivity index (χ1n) is 10.7. The number of nitrogens with zero attached hydrogens (tertiary/aromatic N) is 3. The van der Waals surface area contributed by atoms with Crippen molar-refractivity contribution < 1.29 is 4.74 Å². The van der Waals surface area contributed by atoms with Gasteiger partial charge in [0.05, 0.1) is 12.6 Å². The van der Waals surface area contributed by atoms with Gasteiger partial charge in [-0.25, -0.2) is 4.99 Å². The fourth-order valence-corrected chi connectivity index (χ4v) is 5.05. The van der Waals surface area contributed by atoms with Crippen molar-refractivity contribution in [2.75, 3.05) is 33.3 Å². The van der Waals surface area contributed by atoms with E-state index in [1.807, 2.05) is 19.2 Å². The van der Waals surface area contributed by atoms with Gasteiger partial charge in [0.15, 0.2) is 6.29 Å². The topological polar surface area (TPSA) is 78.2 Å². The van der Waals surface area contributed by atoms with Gasteiger partial charge in [-0.2, -0.15) is 5.43 Å². The first kappa shape index (κ1) is 21.0. The van der Waals surface area contributed by atoms with Gasteiger partial charge in [-0.3, -0.25) is 9.80 Å². The molecule has 8 heteroatoms. The molecule has 0 saturated carbocycles. The number of piperidine rings is 2. The summed E-state index contributed by atoms with van der Waals surface area (Å²) in [5.41, 5.74) is 13.3. The van der Waals surface area contributed by atoms with Crippen molar-refractivity contribution in [2.24, 2.45) is 10.7 Å². The number of ether oxygens (including phenoxy) is 1. The molecule has 0 bridgehead atoms. The molecule has 3 atom stereocenters. The number of hydrogen-bond acceptors (Lipinski definition) is 7. The van der Waals surface area contributed by atoms with E-state index in [2.05, 4.69) is 37.8 Å². The van der Waals surface area contributed by atoms with Crippen molar-refractivity contribution in [3.8, 4) is 0 Å². The number of hydrazine groups is 1. The molecule has 1 aromatic rings. The van der Waals surface area contributed by atoms with E-state index in [4.69, 9.17) is 22.1 Å². The highest BCUT2D eigenvalue weighted by Crippen LogP contribution is 2.29. The zero-order valence-corrected chi connectivity index (χ0v) is 17.9. The SMILES string of the molecule is CO[C@H]1CCN(C2CCN(C3N=C(CN)NN3)CC2)[C@@H](Cc2ccc(Cl)cc2)C1.